The number of anilines is 1. The third-order valence-corrected chi connectivity index (χ3v) is 7.20. The van der Waals surface area contributed by atoms with Gasteiger partial charge >= 0.3 is 0 Å². The molecule has 1 amide bonds. The van der Waals surface area contributed by atoms with Crippen LogP contribution in [0, 0.1) is 0 Å². The largest absolute Gasteiger partial charge is 0.306 e. The average Bonchev–Trinajstić information content (AvgIpc) is 3.48. The van der Waals surface area contributed by atoms with Crippen LogP contribution < -0.4 is 4.90 Å². The summed E-state index contributed by atoms with van der Waals surface area (Å²) in [7, 11) is 0. The Kier molecular flexibility index (Phi) is 7.11. The zero-order valence-corrected chi connectivity index (χ0v) is 18.2. The quantitative estimate of drug-likeness (QED) is 0.538. The molecule has 4 rings (SSSR count). The number of thiophene rings is 2. The highest BCUT2D eigenvalue weighted by molar-refractivity contribution is 7.12. The lowest BCUT2D eigenvalue weighted by Gasteiger charge is -2.35. The van der Waals surface area contributed by atoms with Crippen LogP contribution in [-0.2, 0) is 6.42 Å². The van der Waals surface area contributed by atoms with E-state index in [1.165, 1.54) is 16.2 Å². The number of amides is 1. The van der Waals surface area contributed by atoms with Crippen molar-refractivity contribution in [1.29, 1.82) is 0 Å². The predicted octanol–water partition coefficient (Wildman–Crippen LogP) is 4.32. The SMILES string of the molecule is O=C(c1cccs1)N(CCN1CCN(CCc2cccs2)CC1)c1ccccc1. The van der Waals surface area contributed by atoms with Gasteiger partial charge in [-0.1, -0.05) is 30.3 Å². The van der Waals surface area contributed by atoms with E-state index < -0.39 is 0 Å². The van der Waals surface area contributed by atoms with Crippen molar-refractivity contribution in [1.82, 2.24) is 9.80 Å². The Morgan fingerprint density at radius 3 is 2.17 bits per heavy atom. The maximum atomic E-state index is 13.0. The van der Waals surface area contributed by atoms with Crippen molar-refractivity contribution in [3.63, 3.8) is 0 Å². The molecule has 3 heterocycles. The van der Waals surface area contributed by atoms with Gasteiger partial charge in [0.2, 0.25) is 0 Å². The number of carbonyl (C=O) groups is 1. The molecule has 29 heavy (non-hydrogen) atoms. The number of rotatable bonds is 8. The summed E-state index contributed by atoms with van der Waals surface area (Å²) < 4.78 is 0. The van der Waals surface area contributed by atoms with Gasteiger partial charge in [0.05, 0.1) is 4.88 Å². The minimum atomic E-state index is 0.0979. The zero-order chi connectivity index (χ0) is 19.9. The third-order valence-electron chi connectivity index (χ3n) is 5.40. The summed E-state index contributed by atoms with van der Waals surface area (Å²) in [6.07, 6.45) is 1.15. The summed E-state index contributed by atoms with van der Waals surface area (Å²) in [5.74, 6) is 0.0979. The summed E-state index contributed by atoms with van der Waals surface area (Å²) in [6.45, 7) is 7.12. The molecule has 1 aliphatic rings. The summed E-state index contributed by atoms with van der Waals surface area (Å²) in [4.78, 5) is 22.3. The normalized spacial score (nSPS) is 15.4. The minimum absolute atomic E-state index is 0.0979. The Balaban J connectivity index is 1.29. The monoisotopic (exact) mass is 425 g/mol. The number of hydrogen-bond donors (Lipinski definition) is 0. The lowest BCUT2D eigenvalue weighted by atomic mass is 10.2. The maximum Gasteiger partial charge on any atom is 0.268 e. The van der Waals surface area contributed by atoms with Crippen LogP contribution in [0.25, 0.3) is 0 Å². The van der Waals surface area contributed by atoms with Crippen LogP contribution >= 0.6 is 22.7 Å². The van der Waals surface area contributed by atoms with Crippen molar-refractivity contribution in [2.45, 2.75) is 6.42 Å². The number of piperazine rings is 1. The fourth-order valence-electron chi connectivity index (χ4n) is 3.69. The molecule has 0 radical (unpaired) electrons. The van der Waals surface area contributed by atoms with E-state index in [2.05, 4.69) is 27.3 Å². The van der Waals surface area contributed by atoms with E-state index >= 15 is 0 Å². The van der Waals surface area contributed by atoms with Crippen LogP contribution in [0.4, 0.5) is 5.69 Å². The summed E-state index contributed by atoms with van der Waals surface area (Å²) in [6, 6.07) is 18.2. The van der Waals surface area contributed by atoms with Crippen molar-refractivity contribution in [3.8, 4) is 0 Å². The molecule has 0 atom stereocenters. The first-order valence-corrected chi connectivity index (χ1v) is 11.9. The van der Waals surface area contributed by atoms with E-state index in [1.807, 2.05) is 64.1 Å². The fraction of sp³-hybridized carbons (Fsp3) is 0.348. The standard InChI is InChI=1S/C23H27N3OS2/c27-23(22-9-5-19-29-22)26(20-6-2-1-3-7-20)17-16-25-14-12-24(13-15-25)11-10-21-8-4-18-28-21/h1-9,18-19H,10-17H2. The third kappa shape index (κ3) is 5.54. The van der Waals surface area contributed by atoms with E-state index in [9.17, 15) is 4.79 Å². The van der Waals surface area contributed by atoms with Gasteiger partial charge in [0.15, 0.2) is 0 Å². The second-order valence-corrected chi connectivity index (χ2v) is 9.26. The van der Waals surface area contributed by atoms with E-state index in [0.717, 1.165) is 62.8 Å². The Morgan fingerprint density at radius 1 is 0.828 bits per heavy atom. The van der Waals surface area contributed by atoms with Gasteiger partial charge in [0.1, 0.15) is 0 Å². The smallest absolute Gasteiger partial charge is 0.268 e. The highest BCUT2D eigenvalue weighted by Gasteiger charge is 2.21. The molecule has 0 saturated carbocycles. The van der Waals surface area contributed by atoms with Crippen LogP contribution in [-0.4, -0.2) is 61.5 Å². The minimum Gasteiger partial charge on any atom is -0.306 e. The van der Waals surface area contributed by atoms with Crippen molar-refractivity contribution >= 4 is 34.3 Å². The van der Waals surface area contributed by atoms with E-state index in [-0.39, 0.29) is 5.91 Å². The molecule has 6 heteroatoms. The molecule has 4 nitrogen and oxygen atoms in total. The molecule has 152 valence electrons. The summed E-state index contributed by atoms with van der Waals surface area (Å²) in [5.41, 5.74) is 0.973. The first-order chi connectivity index (χ1) is 14.3. The molecule has 0 bridgehead atoms. The number of carbonyl (C=O) groups excluding carboxylic acids is 1. The Hall–Kier alpha value is -1.99. The van der Waals surface area contributed by atoms with Gasteiger partial charge < -0.3 is 9.80 Å². The van der Waals surface area contributed by atoms with Crippen molar-refractivity contribution in [2.75, 3.05) is 50.7 Å². The molecule has 1 aliphatic heterocycles. The van der Waals surface area contributed by atoms with E-state index in [1.54, 1.807) is 0 Å². The fourth-order valence-corrected chi connectivity index (χ4v) is 5.06. The van der Waals surface area contributed by atoms with Gasteiger partial charge in [-0.15, -0.1) is 22.7 Å². The second-order valence-electron chi connectivity index (χ2n) is 7.28. The number of nitrogens with zero attached hydrogens (tertiary/aromatic N) is 3. The molecular formula is C23H27N3OS2. The van der Waals surface area contributed by atoms with Crippen molar-refractivity contribution < 1.29 is 4.79 Å². The lowest BCUT2D eigenvalue weighted by Crippen LogP contribution is -2.49. The molecule has 1 fully saturated rings. The number of benzene rings is 1. The predicted molar refractivity (Wildman–Crippen MR) is 123 cm³/mol. The van der Waals surface area contributed by atoms with Gasteiger partial charge in [-0.05, 0) is 41.4 Å². The first kappa shape index (κ1) is 20.3. The number of para-hydroxylation sites is 1. The van der Waals surface area contributed by atoms with Crippen LogP contribution in [0.5, 0.6) is 0 Å². The van der Waals surface area contributed by atoms with Crippen LogP contribution in [0.1, 0.15) is 14.5 Å². The van der Waals surface area contributed by atoms with Crippen LogP contribution in [0.15, 0.2) is 65.4 Å². The van der Waals surface area contributed by atoms with Crippen molar-refractivity contribution in [3.05, 3.63) is 75.1 Å². The molecule has 1 saturated heterocycles. The topological polar surface area (TPSA) is 26.8 Å². The Labute approximate surface area is 181 Å². The maximum absolute atomic E-state index is 13.0. The highest BCUT2D eigenvalue weighted by Crippen LogP contribution is 2.20. The van der Waals surface area contributed by atoms with Gasteiger partial charge in [0.25, 0.3) is 5.91 Å². The van der Waals surface area contributed by atoms with E-state index in [4.69, 9.17) is 0 Å². The van der Waals surface area contributed by atoms with Gasteiger partial charge in [0, 0.05) is 56.4 Å². The molecule has 0 unspecified atom stereocenters. The molecule has 0 spiro atoms. The lowest BCUT2D eigenvalue weighted by molar-refractivity contribution is 0.0979. The Bertz CT molecular complexity index is 857. The summed E-state index contributed by atoms with van der Waals surface area (Å²) in [5, 5.41) is 4.12. The van der Waals surface area contributed by atoms with E-state index in [0.29, 0.717) is 0 Å². The second kappa shape index (κ2) is 10.2. The highest BCUT2D eigenvalue weighted by atomic mass is 32.1. The molecule has 1 aromatic carbocycles. The Morgan fingerprint density at radius 2 is 1.52 bits per heavy atom. The van der Waals surface area contributed by atoms with Crippen LogP contribution in [0.3, 0.4) is 0 Å². The molecule has 0 N–H and O–H groups in total. The molecular weight excluding hydrogens is 398 g/mol. The first-order valence-electron chi connectivity index (χ1n) is 10.2. The summed E-state index contributed by atoms with van der Waals surface area (Å²) >= 11 is 3.36. The van der Waals surface area contributed by atoms with Gasteiger partial charge in [-0.2, -0.15) is 0 Å². The van der Waals surface area contributed by atoms with Crippen molar-refractivity contribution in [2.24, 2.45) is 0 Å². The van der Waals surface area contributed by atoms with Gasteiger partial charge in [-0.25, -0.2) is 0 Å². The molecule has 3 aromatic rings. The van der Waals surface area contributed by atoms with Gasteiger partial charge in [-0.3, -0.25) is 9.69 Å². The average molecular weight is 426 g/mol. The number of hydrogen-bond acceptors (Lipinski definition) is 5. The molecule has 2 aromatic heterocycles. The molecule has 0 aliphatic carbocycles. The van der Waals surface area contributed by atoms with Crippen LogP contribution in [0.2, 0.25) is 0 Å². The zero-order valence-electron chi connectivity index (χ0n) is 16.6.